The molecule has 0 aliphatic rings. The first-order chi connectivity index (χ1) is 7.12. The fraction of sp³-hybridized carbons (Fsp3) is 0.455. The number of nitrogen functional groups attached to an aromatic ring is 1. The molecule has 0 fully saturated rings. The van der Waals surface area contributed by atoms with E-state index in [2.05, 4.69) is 4.72 Å². The topological polar surface area (TPSA) is 72.2 Å². The minimum absolute atomic E-state index is 0.132. The third-order valence-corrected chi connectivity index (χ3v) is 3.73. The van der Waals surface area contributed by atoms with Crippen LogP contribution in [0.2, 0.25) is 0 Å². The van der Waals surface area contributed by atoms with Crippen molar-refractivity contribution in [2.75, 3.05) is 5.73 Å². The van der Waals surface area contributed by atoms with Crippen LogP contribution in [0.1, 0.15) is 26.3 Å². The van der Waals surface area contributed by atoms with Gasteiger partial charge in [0.15, 0.2) is 0 Å². The molecule has 3 N–H and O–H groups in total. The minimum Gasteiger partial charge on any atom is -0.398 e. The van der Waals surface area contributed by atoms with E-state index in [1.165, 1.54) is 6.07 Å². The van der Waals surface area contributed by atoms with Gasteiger partial charge in [0.2, 0.25) is 10.0 Å². The highest BCUT2D eigenvalue weighted by Crippen LogP contribution is 2.20. The number of sulfonamides is 1. The van der Waals surface area contributed by atoms with Crippen molar-refractivity contribution in [3.8, 4) is 0 Å². The number of anilines is 1. The molecule has 0 amide bonds. The molecule has 0 bridgehead atoms. The van der Waals surface area contributed by atoms with Gasteiger partial charge in [-0.3, -0.25) is 0 Å². The van der Waals surface area contributed by atoms with Gasteiger partial charge >= 0.3 is 0 Å². The molecule has 0 aromatic heterocycles. The first kappa shape index (κ1) is 13.0. The van der Waals surface area contributed by atoms with Gasteiger partial charge in [0.25, 0.3) is 0 Å². The Morgan fingerprint density at radius 3 is 2.25 bits per heavy atom. The van der Waals surface area contributed by atoms with E-state index in [9.17, 15) is 8.42 Å². The summed E-state index contributed by atoms with van der Waals surface area (Å²) in [6.07, 6.45) is 0. The molecule has 0 heterocycles. The van der Waals surface area contributed by atoms with Crippen LogP contribution in [0, 0.1) is 6.92 Å². The summed E-state index contributed by atoms with van der Waals surface area (Å²) in [6, 6.07) is 4.91. The molecule has 1 rings (SSSR count). The Labute approximate surface area is 96.9 Å². The summed E-state index contributed by atoms with van der Waals surface area (Å²) in [5.41, 5.74) is 6.40. The van der Waals surface area contributed by atoms with E-state index in [0.29, 0.717) is 0 Å². The van der Waals surface area contributed by atoms with Gasteiger partial charge in [-0.15, -0.1) is 0 Å². The molecule has 90 valence electrons. The average Bonchev–Trinajstić information content (AvgIpc) is 1.97. The highest BCUT2D eigenvalue weighted by molar-refractivity contribution is 7.89. The number of nitrogens with one attached hydrogen (secondary N) is 1. The number of rotatable bonds is 2. The maximum absolute atomic E-state index is 12.0. The SMILES string of the molecule is Cc1ccc(S(=O)(=O)NC(C)(C)C)c(N)c1. The lowest BCUT2D eigenvalue weighted by molar-refractivity contribution is 0.492. The van der Waals surface area contributed by atoms with Crippen molar-refractivity contribution in [3.63, 3.8) is 0 Å². The standard InChI is InChI=1S/C11H18N2O2S/c1-8-5-6-10(9(12)7-8)16(14,15)13-11(2,3)4/h5-7,13H,12H2,1-4H3. The second-order valence-corrected chi connectivity index (χ2v) is 6.55. The van der Waals surface area contributed by atoms with Crippen LogP contribution in [0.5, 0.6) is 0 Å². The van der Waals surface area contributed by atoms with Crippen LogP contribution in [-0.2, 0) is 10.0 Å². The van der Waals surface area contributed by atoms with Crippen molar-refractivity contribution in [3.05, 3.63) is 23.8 Å². The van der Waals surface area contributed by atoms with Gasteiger partial charge in [-0.05, 0) is 45.4 Å². The number of nitrogens with two attached hydrogens (primary N) is 1. The molecule has 0 radical (unpaired) electrons. The molecule has 1 aromatic rings. The van der Waals surface area contributed by atoms with Crippen molar-refractivity contribution in [1.29, 1.82) is 0 Å². The molecule has 0 saturated heterocycles. The fourth-order valence-corrected chi connectivity index (χ4v) is 2.90. The summed E-state index contributed by atoms with van der Waals surface area (Å²) in [7, 11) is -3.54. The largest absolute Gasteiger partial charge is 0.398 e. The Morgan fingerprint density at radius 2 is 1.81 bits per heavy atom. The molecule has 5 heteroatoms. The number of aryl methyl sites for hydroxylation is 1. The molecule has 16 heavy (non-hydrogen) atoms. The zero-order valence-corrected chi connectivity index (χ0v) is 10.9. The van der Waals surface area contributed by atoms with Gasteiger partial charge in [-0.25, -0.2) is 13.1 Å². The highest BCUT2D eigenvalue weighted by atomic mass is 32.2. The summed E-state index contributed by atoms with van der Waals surface area (Å²) in [4.78, 5) is 0.132. The molecule has 4 nitrogen and oxygen atoms in total. The van der Waals surface area contributed by atoms with E-state index < -0.39 is 15.6 Å². The van der Waals surface area contributed by atoms with Crippen molar-refractivity contribution in [2.24, 2.45) is 0 Å². The summed E-state index contributed by atoms with van der Waals surface area (Å²) in [6.45, 7) is 7.22. The normalized spacial score (nSPS) is 12.8. The quantitative estimate of drug-likeness (QED) is 0.775. The lowest BCUT2D eigenvalue weighted by atomic mass is 10.1. The molecule has 0 saturated carbocycles. The fourth-order valence-electron chi connectivity index (χ4n) is 1.37. The van der Waals surface area contributed by atoms with Gasteiger partial charge in [-0.2, -0.15) is 0 Å². The Morgan fingerprint density at radius 1 is 1.25 bits per heavy atom. The van der Waals surface area contributed by atoms with Crippen LogP contribution < -0.4 is 10.5 Å². The molecule has 0 spiro atoms. The second-order valence-electron chi connectivity index (χ2n) is 4.90. The summed E-state index contributed by atoms with van der Waals surface area (Å²) in [5, 5.41) is 0. The molecular weight excluding hydrogens is 224 g/mol. The van der Waals surface area contributed by atoms with Crippen LogP contribution in [0.25, 0.3) is 0 Å². The van der Waals surface area contributed by atoms with Crippen LogP contribution in [0.4, 0.5) is 5.69 Å². The van der Waals surface area contributed by atoms with Gasteiger partial charge in [0, 0.05) is 5.54 Å². The Hall–Kier alpha value is -1.07. The number of benzene rings is 1. The van der Waals surface area contributed by atoms with Crippen molar-refractivity contribution in [1.82, 2.24) is 4.72 Å². The van der Waals surface area contributed by atoms with Crippen molar-refractivity contribution in [2.45, 2.75) is 38.1 Å². The highest BCUT2D eigenvalue weighted by Gasteiger charge is 2.23. The number of hydrogen-bond acceptors (Lipinski definition) is 3. The third-order valence-electron chi connectivity index (χ3n) is 1.90. The molecule has 0 atom stereocenters. The molecule has 1 aromatic carbocycles. The van der Waals surface area contributed by atoms with E-state index >= 15 is 0 Å². The maximum atomic E-state index is 12.0. The van der Waals surface area contributed by atoms with Gasteiger partial charge in [-0.1, -0.05) is 6.07 Å². The smallest absolute Gasteiger partial charge is 0.243 e. The van der Waals surface area contributed by atoms with Gasteiger partial charge in [0.05, 0.1) is 5.69 Å². The molecule has 0 aliphatic heterocycles. The minimum atomic E-state index is -3.54. The van der Waals surface area contributed by atoms with Crippen LogP contribution in [0.15, 0.2) is 23.1 Å². The summed E-state index contributed by atoms with van der Waals surface area (Å²) < 4.78 is 26.5. The molecular formula is C11H18N2O2S. The monoisotopic (exact) mass is 242 g/mol. The van der Waals surface area contributed by atoms with Crippen LogP contribution in [0.3, 0.4) is 0 Å². The maximum Gasteiger partial charge on any atom is 0.243 e. The van der Waals surface area contributed by atoms with Gasteiger partial charge < -0.3 is 5.73 Å². The van der Waals surface area contributed by atoms with E-state index in [-0.39, 0.29) is 10.6 Å². The van der Waals surface area contributed by atoms with Crippen LogP contribution in [-0.4, -0.2) is 14.0 Å². The van der Waals surface area contributed by atoms with Crippen molar-refractivity contribution >= 4 is 15.7 Å². The Bertz CT molecular complexity index is 487. The Kier molecular flexibility index (Phi) is 3.30. The lowest BCUT2D eigenvalue weighted by Gasteiger charge is -2.21. The predicted octanol–water partition coefficient (Wildman–Crippen LogP) is 1.65. The van der Waals surface area contributed by atoms with E-state index in [1.54, 1.807) is 32.9 Å². The zero-order valence-electron chi connectivity index (χ0n) is 10.0. The first-order valence-electron chi connectivity index (χ1n) is 5.02. The van der Waals surface area contributed by atoms with Gasteiger partial charge in [0.1, 0.15) is 4.90 Å². The predicted molar refractivity (Wildman–Crippen MR) is 65.7 cm³/mol. The average molecular weight is 242 g/mol. The van der Waals surface area contributed by atoms with E-state index in [4.69, 9.17) is 5.73 Å². The van der Waals surface area contributed by atoms with E-state index in [1.807, 2.05) is 6.92 Å². The molecule has 0 unspecified atom stereocenters. The summed E-state index contributed by atoms with van der Waals surface area (Å²) >= 11 is 0. The third kappa shape index (κ3) is 3.21. The second kappa shape index (κ2) is 4.07. The molecule has 0 aliphatic carbocycles. The lowest BCUT2D eigenvalue weighted by Crippen LogP contribution is -2.40. The first-order valence-corrected chi connectivity index (χ1v) is 6.50. The Balaban J connectivity index is 3.18. The van der Waals surface area contributed by atoms with E-state index in [0.717, 1.165) is 5.56 Å². The number of hydrogen-bond donors (Lipinski definition) is 2. The van der Waals surface area contributed by atoms with Crippen LogP contribution >= 0.6 is 0 Å². The van der Waals surface area contributed by atoms with Crippen molar-refractivity contribution < 1.29 is 8.42 Å². The summed E-state index contributed by atoms with van der Waals surface area (Å²) in [5.74, 6) is 0. The zero-order chi connectivity index (χ0) is 12.6.